The van der Waals surface area contributed by atoms with Crippen molar-refractivity contribution in [1.82, 2.24) is 0 Å². The van der Waals surface area contributed by atoms with Crippen molar-refractivity contribution in [3.8, 4) is 0 Å². The van der Waals surface area contributed by atoms with Gasteiger partial charge in [-0.05, 0) is 60.9 Å². The predicted molar refractivity (Wildman–Crippen MR) is 102 cm³/mol. The first-order chi connectivity index (χ1) is 12.1. The number of anilines is 3. The summed E-state index contributed by atoms with van der Waals surface area (Å²) >= 11 is 5.83. The van der Waals surface area contributed by atoms with Crippen molar-refractivity contribution in [1.29, 1.82) is 0 Å². The Balaban J connectivity index is 1.70. The van der Waals surface area contributed by atoms with E-state index in [1.54, 1.807) is 24.3 Å². The Morgan fingerprint density at radius 3 is 2.48 bits per heavy atom. The van der Waals surface area contributed by atoms with Gasteiger partial charge in [0, 0.05) is 35.1 Å². The maximum atomic E-state index is 12.1. The average molecular weight is 358 g/mol. The number of amides is 3. The first-order valence-corrected chi connectivity index (χ1v) is 8.71. The fourth-order valence-electron chi connectivity index (χ4n) is 2.93. The second-order valence-electron chi connectivity index (χ2n) is 5.97. The fraction of sp³-hybridized carbons (Fsp3) is 0.263. The number of nitrogens with zero attached hydrogens (tertiary/aromatic N) is 1. The first kappa shape index (κ1) is 17.3. The van der Waals surface area contributed by atoms with Crippen molar-refractivity contribution in [2.45, 2.75) is 26.2 Å². The van der Waals surface area contributed by atoms with E-state index in [4.69, 9.17) is 11.6 Å². The first-order valence-electron chi connectivity index (χ1n) is 8.33. The molecule has 5 nitrogen and oxygen atoms in total. The highest BCUT2D eigenvalue weighted by atomic mass is 35.5. The average Bonchev–Trinajstić information content (AvgIpc) is 2.59. The number of fused-ring (bicyclic) bond motifs is 1. The minimum Gasteiger partial charge on any atom is -0.312 e. The number of hydrogen-bond donors (Lipinski definition) is 2. The largest absolute Gasteiger partial charge is 0.323 e. The van der Waals surface area contributed by atoms with E-state index in [1.807, 2.05) is 23.1 Å². The van der Waals surface area contributed by atoms with Gasteiger partial charge in [-0.1, -0.05) is 18.5 Å². The summed E-state index contributed by atoms with van der Waals surface area (Å²) in [4.78, 5) is 26.0. The number of carbonyl (C=O) groups is 2. The Bertz CT molecular complexity index is 790. The molecule has 25 heavy (non-hydrogen) atoms. The van der Waals surface area contributed by atoms with E-state index >= 15 is 0 Å². The number of rotatable bonds is 4. The Morgan fingerprint density at radius 1 is 1.08 bits per heavy atom. The van der Waals surface area contributed by atoms with Gasteiger partial charge in [0.1, 0.15) is 0 Å². The zero-order chi connectivity index (χ0) is 17.8. The summed E-state index contributed by atoms with van der Waals surface area (Å²) in [5.74, 6) is 0.163. The molecule has 0 aromatic heterocycles. The molecule has 1 heterocycles. The van der Waals surface area contributed by atoms with Crippen LogP contribution in [0.3, 0.4) is 0 Å². The molecule has 3 rings (SSSR count). The van der Waals surface area contributed by atoms with E-state index < -0.39 is 0 Å². The highest BCUT2D eigenvalue weighted by Crippen LogP contribution is 2.30. The number of benzene rings is 2. The van der Waals surface area contributed by atoms with Crippen LogP contribution in [0, 0.1) is 0 Å². The maximum Gasteiger partial charge on any atom is 0.323 e. The molecule has 2 aromatic carbocycles. The van der Waals surface area contributed by atoms with E-state index in [0.29, 0.717) is 29.2 Å². The number of urea groups is 1. The summed E-state index contributed by atoms with van der Waals surface area (Å²) in [6.45, 7) is 2.77. The third-order valence-electron chi connectivity index (χ3n) is 4.09. The SMILES string of the molecule is CCCN1C(=O)CCc2cc(NC(=O)Nc3ccc(Cl)cc3)ccc21. The lowest BCUT2D eigenvalue weighted by molar-refractivity contribution is -0.118. The van der Waals surface area contributed by atoms with Crippen LogP contribution >= 0.6 is 11.6 Å². The van der Waals surface area contributed by atoms with Crippen molar-refractivity contribution >= 4 is 40.6 Å². The van der Waals surface area contributed by atoms with Crippen LogP contribution in [0.4, 0.5) is 21.9 Å². The number of carbonyl (C=O) groups excluding carboxylic acids is 2. The molecule has 1 aliphatic heterocycles. The molecule has 0 fully saturated rings. The van der Waals surface area contributed by atoms with Crippen LogP contribution in [0.2, 0.25) is 5.02 Å². The van der Waals surface area contributed by atoms with Crippen molar-refractivity contribution in [2.24, 2.45) is 0 Å². The molecule has 0 bridgehead atoms. The number of aryl methyl sites for hydroxylation is 1. The van der Waals surface area contributed by atoms with Crippen LogP contribution in [0.5, 0.6) is 0 Å². The van der Waals surface area contributed by atoms with E-state index in [2.05, 4.69) is 17.6 Å². The lowest BCUT2D eigenvalue weighted by Gasteiger charge is -2.29. The van der Waals surface area contributed by atoms with Gasteiger partial charge in [-0.25, -0.2) is 4.79 Å². The second-order valence-corrected chi connectivity index (χ2v) is 6.41. The van der Waals surface area contributed by atoms with Gasteiger partial charge in [-0.3, -0.25) is 4.79 Å². The van der Waals surface area contributed by atoms with Crippen molar-refractivity contribution in [2.75, 3.05) is 22.1 Å². The maximum absolute atomic E-state index is 12.1. The predicted octanol–water partition coefficient (Wildman–Crippen LogP) is 4.67. The van der Waals surface area contributed by atoms with Crippen LogP contribution in [0.15, 0.2) is 42.5 Å². The Hall–Kier alpha value is -2.53. The third kappa shape index (κ3) is 4.12. The van der Waals surface area contributed by atoms with Gasteiger partial charge in [0.05, 0.1) is 0 Å². The smallest absolute Gasteiger partial charge is 0.312 e. The van der Waals surface area contributed by atoms with Crippen LogP contribution in [-0.2, 0) is 11.2 Å². The monoisotopic (exact) mass is 357 g/mol. The van der Waals surface area contributed by atoms with Gasteiger partial charge in [0.25, 0.3) is 0 Å². The highest BCUT2D eigenvalue weighted by Gasteiger charge is 2.23. The second kappa shape index (κ2) is 7.57. The zero-order valence-corrected chi connectivity index (χ0v) is 14.8. The molecule has 0 saturated carbocycles. The standard InChI is InChI=1S/C19H20ClN3O2/c1-2-11-23-17-9-8-16(12-13(17)3-10-18(23)24)22-19(25)21-15-6-4-14(20)5-7-15/h4-9,12H,2-3,10-11H2,1H3,(H2,21,22,25). The van der Waals surface area contributed by atoms with Gasteiger partial charge >= 0.3 is 6.03 Å². The number of hydrogen-bond acceptors (Lipinski definition) is 2. The molecule has 6 heteroatoms. The molecule has 130 valence electrons. The lowest BCUT2D eigenvalue weighted by Crippen LogP contribution is -2.35. The summed E-state index contributed by atoms with van der Waals surface area (Å²) < 4.78 is 0. The van der Waals surface area contributed by atoms with Gasteiger partial charge in [-0.15, -0.1) is 0 Å². The highest BCUT2D eigenvalue weighted by molar-refractivity contribution is 6.30. The quantitative estimate of drug-likeness (QED) is 0.835. The topological polar surface area (TPSA) is 61.4 Å². The Kier molecular flexibility index (Phi) is 5.24. The van der Waals surface area contributed by atoms with E-state index in [1.165, 1.54) is 0 Å². The minimum atomic E-state index is -0.320. The molecule has 0 spiro atoms. The van der Waals surface area contributed by atoms with E-state index in [-0.39, 0.29) is 11.9 Å². The van der Waals surface area contributed by atoms with Gasteiger partial charge in [-0.2, -0.15) is 0 Å². The Labute approximate surface area is 152 Å². The normalized spacial score (nSPS) is 13.4. The van der Waals surface area contributed by atoms with Crippen LogP contribution in [0.1, 0.15) is 25.3 Å². The molecule has 3 amide bonds. The molecule has 1 aliphatic rings. The van der Waals surface area contributed by atoms with Gasteiger partial charge < -0.3 is 15.5 Å². The summed E-state index contributed by atoms with van der Waals surface area (Å²) in [7, 11) is 0. The molecular formula is C19H20ClN3O2. The van der Waals surface area contributed by atoms with Gasteiger partial charge in [0.15, 0.2) is 0 Å². The summed E-state index contributed by atoms with van der Waals surface area (Å²) in [6.07, 6.45) is 2.12. The van der Waals surface area contributed by atoms with Crippen LogP contribution in [-0.4, -0.2) is 18.5 Å². The molecule has 2 N–H and O–H groups in total. The molecule has 0 aliphatic carbocycles. The van der Waals surface area contributed by atoms with E-state index in [0.717, 1.165) is 24.2 Å². The van der Waals surface area contributed by atoms with Crippen molar-refractivity contribution < 1.29 is 9.59 Å². The number of nitrogens with one attached hydrogen (secondary N) is 2. The lowest BCUT2D eigenvalue weighted by atomic mass is 10.00. The molecule has 2 aromatic rings. The van der Waals surface area contributed by atoms with Crippen molar-refractivity contribution in [3.05, 3.63) is 53.1 Å². The van der Waals surface area contributed by atoms with Crippen LogP contribution in [0.25, 0.3) is 0 Å². The van der Waals surface area contributed by atoms with E-state index in [9.17, 15) is 9.59 Å². The van der Waals surface area contributed by atoms with Gasteiger partial charge in [0.2, 0.25) is 5.91 Å². The minimum absolute atomic E-state index is 0.163. The molecule has 0 radical (unpaired) electrons. The van der Waals surface area contributed by atoms with Crippen molar-refractivity contribution in [3.63, 3.8) is 0 Å². The molecular weight excluding hydrogens is 338 g/mol. The van der Waals surface area contributed by atoms with Crippen LogP contribution < -0.4 is 15.5 Å². The Morgan fingerprint density at radius 2 is 1.76 bits per heavy atom. The molecule has 0 unspecified atom stereocenters. The molecule has 0 saturated heterocycles. The summed E-state index contributed by atoms with van der Waals surface area (Å²) in [6, 6.07) is 12.3. The number of halogens is 1. The third-order valence-corrected chi connectivity index (χ3v) is 4.34. The molecule has 0 atom stereocenters. The summed E-state index contributed by atoms with van der Waals surface area (Å²) in [5, 5.41) is 6.20. The summed E-state index contributed by atoms with van der Waals surface area (Å²) in [5.41, 5.74) is 3.40. The fourth-order valence-corrected chi connectivity index (χ4v) is 3.06. The zero-order valence-electron chi connectivity index (χ0n) is 14.0.